The molecule has 138 valence electrons. The molecule has 0 amide bonds. The van der Waals surface area contributed by atoms with Gasteiger partial charge in [0, 0.05) is 19.0 Å². The minimum Gasteiger partial charge on any atom is -0.466 e. The maximum Gasteiger partial charge on any atom is 0.191 e. The Bertz CT molecular complexity index is 683. The smallest absolute Gasteiger partial charge is 0.191 e. The van der Waals surface area contributed by atoms with Gasteiger partial charge in [-0.2, -0.15) is 5.10 Å². The molecule has 3 rings (SSSR count). The molecule has 2 aromatic heterocycles. The van der Waals surface area contributed by atoms with Crippen molar-refractivity contribution in [3.63, 3.8) is 0 Å². The molecule has 0 saturated carbocycles. The van der Waals surface area contributed by atoms with E-state index in [0.29, 0.717) is 11.7 Å². The number of nitrogens with one attached hydrogen (secondary N) is 2. The lowest BCUT2D eigenvalue weighted by molar-refractivity contribution is 0.0436. The molecule has 1 aliphatic heterocycles. The number of guanidine groups is 1. The molecule has 0 bridgehead atoms. The third kappa shape index (κ3) is 4.94. The quantitative estimate of drug-likeness (QED) is 0.353. The van der Waals surface area contributed by atoms with Crippen LogP contribution in [-0.4, -0.2) is 45.0 Å². The Morgan fingerprint density at radius 1 is 1.56 bits per heavy atom. The van der Waals surface area contributed by atoms with Gasteiger partial charge in [0.2, 0.25) is 0 Å². The van der Waals surface area contributed by atoms with Crippen LogP contribution in [0.4, 0.5) is 0 Å². The first-order valence-electron chi connectivity index (χ1n) is 8.26. The number of fused-ring (bicyclic) bond motifs is 1. The summed E-state index contributed by atoms with van der Waals surface area (Å²) in [6, 6.07) is 3.74. The second-order valence-corrected chi connectivity index (χ2v) is 6.18. The molecule has 1 aliphatic rings. The number of aromatic nitrogens is 3. The van der Waals surface area contributed by atoms with Crippen molar-refractivity contribution < 1.29 is 9.52 Å². The number of hydrogen-bond acceptors (Lipinski definition) is 5. The SMILES string of the molecule is CCNC(=NCC(C)(O)c1ccco1)NC1CCc2ncnn2C1.I. The van der Waals surface area contributed by atoms with Crippen LogP contribution in [0.5, 0.6) is 0 Å². The summed E-state index contributed by atoms with van der Waals surface area (Å²) in [5, 5.41) is 21.4. The Morgan fingerprint density at radius 2 is 2.40 bits per heavy atom. The summed E-state index contributed by atoms with van der Waals surface area (Å²) >= 11 is 0. The van der Waals surface area contributed by atoms with Crippen molar-refractivity contribution in [1.82, 2.24) is 25.4 Å². The summed E-state index contributed by atoms with van der Waals surface area (Å²) in [7, 11) is 0. The fraction of sp³-hybridized carbons (Fsp3) is 0.562. The molecule has 0 fully saturated rings. The highest BCUT2D eigenvalue weighted by molar-refractivity contribution is 14.0. The maximum atomic E-state index is 10.5. The molecule has 3 heterocycles. The predicted octanol–water partition coefficient (Wildman–Crippen LogP) is 1.27. The Morgan fingerprint density at radius 3 is 3.12 bits per heavy atom. The van der Waals surface area contributed by atoms with Gasteiger partial charge in [0.15, 0.2) is 5.96 Å². The van der Waals surface area contributed by atoms with Crippen molar-refractivity contribution in [2.45, 2.75) is 44.9 Å². The number of aliphatic hydroxyl groups is 1. The van der Waals surface area contributed by atoms with E-state index in [2.05, 4.69) is 25.7 Å². The molecule has 0 aromatic carbocycles. The van der Waals surface area contributed by atoms with Crippen LogP contribution in [0.1, 0.15) is 31.9 Å². The number of aryl methyl sites for hydroxylation is 1. The summed E-state index contributed by atoms with van der Waals surface area (Å²) < 4.78 is 7.21. The molecule has 0 radical (unpaired) electrons. The van der Waals surface area contributed by atoms with E-state index >= 15 is 0 Å². The standard InChI is InChI=1S/C16H24N6O2.HI/c1-3-17-15(18-10-16(2,23)13-5-4-8-24-13)21-12-6-7-14-19-11-20-22(14)9-12;/h4-5,8,11-12,23H,3,6-7,9-10H2,1-2H3,(H2,17,18,21);1H. The average Bonchev–Trinajstić information content (AvgIpc) is 3.24. The first-order valence-corrected chi connectivity index (χ1v) is 8.26. The van der Waals surface area contributed by atoms with E-state index in [9.17, 15) is 5.11 Å². The zero-order chi connectivity index (χ0) is 17.0. The van der Waals surface area contributed by atoms with Crippen LogP contribution in [0.25, 0.3) is 0 Å². The molecule has 8 nitrogen and oxygen atoms in total. The lowest BCUT2D eigenvalue weighted by Gasteiger charge is -2.26. The van der Waals surface area contributed by atoms with Gasteiger partial charge in [-0.25, -0.2) is 14.7 Å². The van der Waals surface area contributed by atoms with Crippen LogP contribution in [0.2, 0.25) is 0 Å². The molecule has 0 spiro atoms. The number of rotatable bonds is 5. The molecule has 2 unspecified atom stereocenters. The molecule has 25 heavy (non-hydrogen) atoms. The van der Waals surface area contributed by atoms with Gasteiger partial charge in [-0.15, -0.1) is 24.0 Å². The van der Waals surface area contributed by atoms with Crippen LogP contribution < -0.4 is 10.6 Å². The van der Waals surface area contributed by atoms with Crippen LogP contribution in [0, 0.1) is 0 Å². The van der Waals surface area contributed by atoms with Gasteiger partial charge in [-0.3, -0.25) is 0 Å². The Balaban J connectivity index is 0.00000225. The summed E-state index contributed by atoms with van der Waals surface area (Å²) in [6.45, 7) is 5.42. The Kier molecular flexibility index (Phi) is 6.82. The molecule has 2 atom stereocenters. The highest BCUT2D eigenvalue weighted by atomic mass is 127. The van der Waals surface area contributed by atoms with Gasteiger partial charge in [0.25, 0.3) is 0 Å². The minimum absolute atomic E-state index is 0. The second-order valence-electron chi connectivity index (χ2n) is 6.18. The van der Waals surface area contributed by atoms with Gasteiger partial charge >= 0.3 is 0 Å². The third-order valence-electron chi connectivity index (χ3n) is 4.09. The summed E-state index contributed by atoms with van der Waals surface area (Å²) in [6.07, 6.45) is 5.01. The molecular formula is C16H25IN6O2. The molecule has 3 N–H and O–H groups in total. The van der Waals surface area contributed by atoms with E-state index < -0.39 is 5.60 Å². The predicted molar refractivity (Wildman–Crippen MR) is 105 cm³/mol. The third-order valence-corrected chi connectivity index (χ3v) is 4.09. The fourth-order valence-corrected chi connectivity index (χ4v) is 2.76. The van der Waals surface area contributed by atoms with Crippen molar-refractivity contribution in [3.05, 3.63) is 36.3 Å². The fourth-order valence-electron chi connectivity index (χ4n) is 2.76. The number of halogens is 1. The van der Waals surface area contributed by atoms with Crippen molar-refractivity contribution in [2.75, 3.05) is 13.1 Å². The van der Waals surface area contributed by atoms with Gasteiger partial charge in [-0.05, 0) is 32.4 Å². The van der Waals surface area contributed by atoms with Crippen molar-refractivity contribution in [1.29, 1.82) is 0 Å². The van der Waals surface area contributed by atoms with Gasteiger partial charge in [0.05, 0.1) is 19.4 Å². The van der Waals surface area contributed by atoms with E-state index in [0.717, 1.165) is 31.8 Å². The number of furan rings is 1. The lowest BCUT2D eigenvalue weighted by atomic mass is 10.0. The van der Waals surface area contributed by atoms with E-state index in [-0.39, 0.29) is 36.6 Å². The van der Waals surface area contributed by atoms with E-state index in [1.165, 1.54) is 0 Å². The van der Waals surface area contributed by atoms with Crippen LogP contribution in [-0.2, 0) is 18.6 Å². The summed E-state index contributed by atoms with van der Waals surface area (Å²) in [4.78, 5) is 8.76. The highest BCUT2D eigenvalue weighted by Crippen LogP contribution is 2.21. The topological polar surface area (TPSA) is 100 Å². The Labute approximate surface area is 164 Å². The first-order chi connectivity index (χ1) is 11.6. The van der Waals surface area contributed by atoms with Crippen molar-refractivity contribution in [3.8, 4) is 0 Å². The van der Waals surface area contributed by atoms with E-state index in [1.54, 1.807) is 31.6 Å². The number of nitrogens with zero attached hydrogens (tertiary/aromatic N) is 4. The number of hydrogen-bond donors (Lipinski definition) is 3. The zero-order valence-corrected chi connectivity index (χ0v) is 16.8. The largest absolute Gasteiger partial charge is 0.466 e. The second kappa shape index (κ2) is 8.65. The first kappa shape index (κ1) is 19.7. The molecule has 9 heteroatoms. The van der Waals surface area contributed by atoms with Gasteiger partial charge < -0.3 is 20.2 Å². The zero-order valence-electron chi connectivity index (χ0n) is 14.5. The molecule has 2 aromatic rings. The molecule has 0 saturated heterocycles. The summed E-state index contributed by atoms with van der Waals surface area (Å²) in [5.74, 6) is 2.21. The maximum absolute atomic E-state index is 10.5. The van der Waals surface area contributed by atoms with E-state index in [4.69, 9.17) is 4.42 Å². The monoisotopic (exact) mass is 460 g/mol. The van der Waals surface area contributed by atoms with E-state index in [1.807, 2.05) is 11.6 Å². The molecular weight excluding hydrogens is 435 g/mol. The average molecular weight is 460 g/mol. The summed E-state index contributed by atoms with van der Waals surface area (Å²) in [5.41, 5.74) is -1.14. The minimum atomic E-state index is -1.14. The normalized spacial score (nSPS) is 19.5. The lowest BCUT2D eigenvalue weighted by Crippen LogP contribution is -2.47. The van der Waals surface area contributed by atoms with Crippen molar-refractivity contribution >= 4 is 29.9 Å². The Hall–Kier alpha value is -1.62. The number of aliphatic imine (C=N–C) groups is 1. The van der Waals surface area contributed by atoms with Crippen LogP contribution in [0.15, 0.2) is 34.1 Å². The van der Waals surface area contributed by atoms with Gasteiger partial charge in [-0.1, -0.05) is 0 Å². The van der Waals surface area contributed by atoms with Gasteiger partial charge in [0.1, 0.15) is 23.5 Å². The highest BCUT2D eigenvalue weighted by Gasteiger charge is 2.26. The van der Waals surface area contributed by atoms with Crippen LogP contribution >= 0.6 is 24.0 Å². The van der Waals surface area contributed by atoms with Crippen molar-refractivity contribution in [2.24, 2.45) is 4.99 Å². The molecule has 0 aliphatic carbocycles. The van der Waals surface area contributed by atoms with Crippen LogP contribution in [0.3, 0.4) is 0 Å².